The number of methoxy groups -OCH3 is 1. The van der Waals surface area contributed by atoms with Gasteiger partial charge in [-0.05, 0) is 79.6 Å². The molecule has 1 fully saturated rings. The molecule has 1 saturated heterocycles. The van der Waals surface area contributed by atoms with Crippen LogP contribution in [0.1, 0.15) is 43.0 Å². The van der Waals surface area contributed by atoms with Crippen molar-refractivity contribution >= 4 is 51.7 Å². The van der Waals surface area contributed by atoms with Crippen molar-refractivity contribution in [2.24, 2.45) is 11.8 Å². The van der Waals surface area contributed by atoms with Crippen LogP contribution in [0.15, 0.2) is 42.6 Å². The lowest BCUT2D eigenvalue weighted by atomic mass is 9.79. The number of nitrogens with zero attached hydrogens (tertiary/aromatic N) is 2. The normalized spacial score (nSPS) is 18.6. The fourth-order valence-electron chi connectivity index (χ4n) is 5.10. The first-order valence-corrected chi connectivity index (χ1v) is 13.5. The zero-order chi connectivity index (χ0) is 27.2. The van der Waals surface area contributed by atoms with E-state index in [1.807, 2.05) is 6.07 Å². The van der Waals surface area contributed by atoms with Gasteiger partial charge in [0, 0.05) is 29.6 Å². The van der Waals surface area contributed by atoms with Crippen molar-refractivity contribution in [2.45, 2.75) is 31.9 Å². The third-order valence-electron chi connectivity index (χ3n) is 7.05. The Bertz CT molecular complexity index is 1350. The molecule has 0 bridgehead atoms. The standard InChI is InChI=1S/C29H28Cl3FN2O3/c1-38-21-5-7-28-24(16-21)22(8-10-34-28)27(33)6-4-18-9-12-35(17-19(18)13-29(36)37)11-2-3-23-25(31)14-20(30)15-26(23)32/h5,7-8,10,14-16,18-19,27H,4,6,9,11-13,17H2,1H3,(H,36,37)/t18-,19+,27-/m1/s1. The number of carboxylic acids is 1. The number of carbonyl (C=O) groups is 1. The first kappa shape index (κ1) is 28.4. The van der Waals surface area contributed by atoms with Crippen molar-refractivity contribution in [3.05, 3.63) is 68.8 Å². The number of ether oxygens (including phenoxy) is 1. The zero-order valence-electron chi connectivity index (χ0n) is 20.9. The Morgan fingerprint density at radius 2 is 1.97 bits per heavy atom. The first-order valence-electron chi connectivity index (χ1n) is 12.4. The third-order valence-corrected chi connectivity index (χ3v) is 7.86. The predicted molar refractivity (Wildman–Crippen MR) is 150 cm³/mol. The zero-order valence-corrected chi connectivity index (χ0v) is 23.2. The van der Waals surface area contributed by atoms with Crippen molar-refractivity contribution in [2.75, 3.05) is 26.7 Å². The number of hydrogen-bond acceptors (Lipinski definition) is 4. The van der Waals surface area contributed by atoms with Gasteiger partial charge in [-0.3, -0.25) is 14.7 Å². The van der Waals surface area contributed by atoms with Gasteiger partial charge in [-0.1, -0.05) is 46.6 Å². The predicted octanol–water partition coefficient (Wildman–Crippen LogP) is 7.46. The molecule has 38 heavy (non-hydrogen) atoms. The SMILES string of the molecule is COc1ccc2nccc([C@H](F)CC[C@@H]3CCN(CC#Cc4c(Cl)cc(Cl)cc4Cl)C[C@@H]3CC(=O)O)c2c1. The summed E-state index contributed by atoms with van der Waals surface area (Å²) in [5.41, 5.74) is 1.81. The second kappa shape index (κ2) is 13.0. The van der Waals surface area contributed by atoms with E-state index in [-0.39, 0.29) is 18.3 Å². The summed E-state index contributed by atoms with van der Waals surface area (Å²) >= 11 is 18.4. The number of fused-ring (bicyclic) bond motifs is 1. The number of rotatable bonds is 8. The molecule has 1 aromatic heterocycles. The van der Waals surface area contributed by atoms with Gasteiger partial charge in [0.25, 0.3) is 0 Å². The molecule has 2 aromatic carbocycles. The molecular formula is C29H28Cl3FN2O3. The Morgan fingerprint density at radius 1 is 1.21 bits per heavy atom. The van der Waals surface area contributed by atoms with Crippen molar-refractivity contribution in [1.82, 2.24) is 9.88 Å². The van der Waals surface area contributed by atoms with Crippen LogP contribution in [0.3, 0.4) is 0 Å². The number of alkyl halides is 1. The summed E-state index contributed by atoms with van der Waals surface area (Å²) in [4.78, 5) is 18.1. The minimum absolute atomic E-state index is 0.0375. The molecule has 9 heteroatoms. The van der Waals surface area contributed by atoms with E-state index in [1.165, 1.54) is 0 Å². The van der Waals surface area contributed by atoms with Crippen molar-refractivity contribution in [1.29, 1.82) is 0 Å². The number of aliphatic carboxylic acids is 1. The van der Waals surface area contributed by atoms with E-state index in [9.17, 15) is 9.90 Å². The van der Waals surface area contributed by atoms with Crippen LogP contribution >= 0.6 is 34.8 Å². The van der Waals surface area contributed by atoms with E-state index in [4.69, 9.17) is 39.5 Å². The highest BCUT2D eigenvalue weighted by molar-refractivity contribution is 6.39. The van der Waals surface area contributed by atoms with Gasteiger partial charge in [0.15, 0.2) is 0 Å². The van der Waals surface area contributed by atoms with Gasteiger partial charge in [0.05, 0.1) is 34.8 Å². The van der Waals surface area contributed by atoms with Gasteiger partial charge in [-0.2, -0.15) is 0 Å². The van der Waals surface area contributed by atoms with E-state index in [0.717, 1.165) is 18.4 Å². The number of aromatic nitrogens is 1. The molecule has 4 rings (SSSR count). The summed E-state index contributed by atoms with van der Waals surface area (Å²) in [5, 5.41) is 11.5. The second-order valence-corrected chi connectivity index (χ2v) is 10.8. The van der Waals surface area contributed by atoms with Crippen LogP contribution in [-0.4, -0.2) is 47.7 Å². The fraction of sp³-hybridized carbons (Fsp3) is 0.379. The smallest absolute Gasteiger partial charge is 0.303 e. The molecule has 5 nitrogen and oxygen atoms in total. The van der Waals surface area contributed by atoms with Crippen LogP contribution in [0.25, 0.3) is 10.9 Å². The van der Waals surface area contributed by atoms with Gasteiger partial charge >= 0.3 is 5.97 Å². The van der Waals surface area contributed by atoms with Gasteiger partial charge < -0.3 is 9.84 Å². The highest BCUT2D eigenvalue weighted by Gasteiger charge is 2.31. The molecule has 2 heterocycles. The Kier molecular flexibility index (Phi) is 9.73. The average molecular weight is 578 g/mol. The average Bonchev–Trinajstić information content (AvgIpc) is 2.88. The lowest BCUT2D eigenvalue weighted by Crippen LogP contribution is -2.41. The van der Waals surface area contributed by atoms with E-state index in [2.05, 4.69) is 21.7 Å². The fourth-order valence-corrected chi connectivity index (χ4v) is 6.01. The summed E-state index contributed by atoms with van der Waals surface area (Å²) in [6, 6.07) is 10.3. The molecule has 1 N–H and O–H groups in total. The largest absolute Gasteiger partial charge is 0.497 e. The number of pyridine rings is 1. The minimum Gasteiger partial charge on any atom is -0.497 e. The second-order valence-electron chi connectivity index (χ2n) is 9.52. The topological polar surface area (TPSA) is 62.7 Å². The van der Waals surface area contributed by atoms with Gasteiger partial charge in [-0.15, -0.1) is 0 Å². The molecule has 0 saturated carbocycles. The molecule has 3 atom stereocenters. The Balaban J connectivity index is 1.40. The van der Waals surface area contributed by atoms with Crippen molar-refractivity contribution in [3.8, 4) is 17.6 Å². The number of halogens is 4. The monoisotopic (exact) mass is 576 g/mol. The molecule has 0 spiro atoms. The highest BCUT2D eigenvalue weighted by atomic mass is 35.5. The van der Waals surface area contributed by atoms with Crippen LogP contribution in [0, 0.1) is 23.7 Å². The van der Waals surface area contributed by atoms with E-state index in [1.54, 1.807) is 43.6 Å². The number of likely N-dealkylation sites (tertiary alicyclic amines) is 1. The molecular weight excluding hydrogens is 550 g/mol. The maximum Gasteiger partial charge on any atom is 0.303 e. The van der Waals surface area contributed by atoms with Crippen molar-refractivity contribution < 1.29 is 19.0 Å². The molecule has 1 aliphatic heterocycles. The van der Waals surface area contributed by atoms with Gasteiger partial charge in [0.2, 0.25) is 0 Å². The minimum atomic E-state index is -1.18. The third kappa shape index (κ3) is 7.09. The maximum absolute atomic E-state index is 15.5. The van der Waals surface area contributed by atoms with Crippen LogP contribution in [0.4, 0.5) is 4.39 Å². The Morgan fingerprint density at radius 3 is 2.68 bits per heavy atom. The quantitative estimate of drug-likeness (QED) is 0.282. The summed E-state index contributed by atoms with van der Waals surface area (Å²) < 4.78 is 20.8. The maximum atomic E-state index is 15.5. The number of piperidine rings is 1. The van der Waals surface area contributed by atoms with E-state index >= 15 is 4.39 Å². The Labute approximate surface area is 236 Å². The number of benzene rings is 2. The molecule has 1 aliphatic rings. The molecule has 0 radical (unpaired) electrons. The molecule has 0 aliphatic carbocycles. The number of hydrogen-bond donors (Lipinski definition) is 1. The summed E-state index contributed by atoms with van der Waals surface area (Å²) in [7, 11) is 1.58. The van der Waals surface area contributed by atoms with Crippen LogP contribution in [0.5, 0.6) is 5.75 Å². The molecule has 200 valence electrons. The lowest BCUT2D eigenvalue weighted by molar-refractivity contribution is -0.139. The van der Waals surface area contributed by atoms with Gasteiger partial charge in [-0.25, -0.2) is 4.39 Å². The van der Waals surface area contributed by atoms with Crippen LogP contribution < -0.4 is 4.74 Å². The van der Waals surface area contributed by atoms with Gasteiger partial charge in [0.1, 0.15) is 11.9 Å². The molecule has 0 unspecified atom stereocenters. The van der Waals surface area contributed by atoms with E-state index in [0.29, 0.717) is 63.4 Å². The summed E-state index contributed by atoms with van der Waals surface area (Å²) in [6.07, 6.45) is 2.16. The molecule has 3 aromatic rings. The molecule has 0 amide bonds. The highest BCUT2D eigenvalue weighted by Crippen LogP contribution is 2.36. The Hall–Kier alpha value is -2.56. The number of carboxylic acid groups (broad SMARTS) is 1. The van der Waals surface area contributed by atoms with E-state index < -0.39 is 12.1 Å². The van der Waals surface area contributed by atoms with Crippen LogP contribution in [-0.2, 0) is 4.79 Å². The van der Waals surface area contributed by atoms with Crippen LogP contribution in [0.2, 0.25) is 15.1 Å². The first-order chi connectivity index (χ1) is 18.2. The lowest BCUT2D eigenvalue weighted by Gasteiger charge is -2.37. The van der Waals surface area contributed by atoms with Crippen molar-refractivity contribution in [3.63, 3.8) is 0 Å². The summed E-state index contributed by atoms with van der Waals surface area (Å²) in [5.74, 6) is 5.93. The summed E-state index contributed by atoms with van der Waals surface area (Å²) in [6.45, 7) is 1.79.